The molecule has 0 aliphatic carbocycles. The standard InChI is InChI=1S/C23H20ClN3O3/c1-15(16-7-3-2-4-8-16)25-21(28)23(30)19-9-5-6-10-20(19)26-22(29)27(23)18-13-11-17(24)12-14-18/h2-15,30H,1H3,(H,25,28)(H,26,29)/t15-,23+/m0/s1. The molecule has 3 N–H and O–H groups in total. The van der Waals surface area contributed by atoms with E-state index in [-0.39, 0.29) is 11.6 Å². The zero-order chi connectivity index (χ0) is 21.3. The van der Waals surface area contributed by atoms with Gasteiger partial charge in [-0.3, -0.25) is 9.69 Å². The Labute approximate surface area is 179 Å². The van der Waals surface area contributed by atoms with Gasteiger partial charge in [-0.15, -0.1) is 0 Å². The number of aliphatic hydroxyl groups is 1. The predicted molar refractivity (Wildman–Crippen MR) is 116 cm³/mol. The van der Waals surface area contributed by atoms with Gasteiger partial charge < -0.3 is 15.7 Å². The second-order valence-corrected chi connectivity index (χ2v) is 7.50. The molecule has 1 heterocycles. The summed E-state index contributed by atoms with van der Waals surface area (Å²) in [5.74, 6) is -0.712. The lowest BCUT2D eigenvalue weighted by Gasteiger charge is -2.43. The largest absolute Gasteiger partial charge is 0.359 e. The molecule has 0 unspecified atom stereocenters. The van der Waals surface area contributed by atoms with Crippen LogP contribution in [-0.4, -0.2) is 17.0 Å². The topological polar surface area (TPSA) is 81.7 Å². The van der Waals surface area contributed by atoms with Crippen molar-refractivity contribution in [2.75, 3.05) is 10.2 Å². The zero-order valence-electron chi connectivity index (χ0n) is 16.2. The van der Waals surface area contributed by atoms with Crippen molar-refractivity contribution in [3.05, 3.63) is 95.0 Å². The number of benzene rings is 3. The molecule has 152 valence electrons. The number of hydrogen-bond acceptors (Lipinski definition) is 3. The molecule has 7 heteroatoms. The van der Waals surface area contributed by atoms with E-state index in [0.717, 1.165) is 10.5 Å². The molecule has 6 nitrogen and oxygen atoms in total. The van der Waals surface area contributed by atoms with Crippen molar-refractivity contribution < 1.29 is 14.7 Å². The molecule has 3 amide bonds. The van der Waals surface area contributed by atoms with E-state index >= 15 is 0 Å². The number of urea groups is 1. The minimum atomic E-state index is -2.25. The normalized spacial score (nSPS) is 18.9. The maximum absolute atomic E-state index is 13.5. The summed E-state index contributed by atoms with van der Waals surface area (Å²) in [7, 11) is 0. The van der Waals surface area contributed by atoms with E-state index in [4.69, 9.17) is 11.6 Å². The molecule has 0 spiro atoms. The van der Waals surface area contributed by atoms with E-state index < -0.39 is 17.7 Å². The number of halogens is 1. The lowest BCUT2D eigenvalue weighted by molar-refractivity contribution is -0.141. The molecular weight excluding hydrogens is 402 g/mol. The van der Waals surface area contributed by atoms with Crippen molar-refractivity contribution in [3.63, 3.8) is 0 Å². The number of fused-ring (bicyclic) bond motifs is 1. The predicted octanol–water partition coefficient (Wildman–Crippen LogP) is 4.41. The van der Waals surface area contributed by atoms with E-state index in [1.807, 2.05) is 37.3 Å². The highest BCUT2D eigenvalue weighted by Crippen LogP contribution is 2.40. The van der Waals surface area contributed by atoms with Gasteiger partial charge in [0.1, 0.15) is 0 Å². The first-order valence-corrected chi connectivity index (χ1v) is 9.83. The first-order chi connectivity index (χ1) is 14.4. The van der Waals surface area contributed by atoms with Crippen LogP contribution in [0.2, 0.25) is 5.02 Å². The molecule has 2 atom stereocenters. The first-order valence-electron chi connectivity index (χ1n) is 9.46. The van der Waals surface area contributed by atoms with Crippen LogP contribution >= 0.6 is 11.6 Å². The van der Waals surface area contributed by atoms with Crippen LogP contribution in [0.15, 0.2) is 78.9 Å². The van der Waals surface area contributed by atoms with E-state index in [1.54, 1.807) is 48.5 Å². The number of nitrogens with one attached hydrogen (secondary N) is 2. The molecule has 0 radical (unpaired) electrons. The van der Waals surface area contributed by atoms with Crippen LogP contribution < -0.4 is 15.5 Å². The smallest absolute Gasteiger partial charge is 0.329 e. The maximum atomic E-state index is 13.5. The highest BCUT2D eigenvalue weighted by atomic mass is 35.5. The van der Waals surface area contributed by atoms with Crippen molar-refractivity contribution in [1.29, 1.82) is 0 Å². The van der Waals surface area contributed by atoms with Gasteiger partial charge in [0, 0.05) is 16.3 Å². The van der Waals surface area contributed by atoms with Gasteiger partial charge in [0.2, 0.25) is 0 Å². The van der Waals surface area contributed by atoms with Gasteiger partial charge >= 0.3 is 6.03 Å². The molecule has 0 fully saturated rings. The van der Waals surface area contributed by atoms with E-state index in [0.29, 0.717) is 16.4 Å². The second-order valence-electron chi connectivity index (χ2n) is 7.07. The van der Waals surface area contributed by atoms with Crippen molar-refractivity contribution >= 4 is 34.9 Å². The Morgan fingerprint density at radius 1 is 1.03 bits per heavy atom. The van der Waals surface area contributed by atoms with Crippen LogP contribution in [0.1, 0.15) is 24.1 Å². The Morgan fingerprint density at radius 2 is 1.67 bits per heavy atom. The second kappa shape index (κ2) is 7.82. The lowest BCUT2D eigenvalue weighted by Crippen LogP contribution is -2.62. The van der Waals surface area contributed by atoms with Crippen LogP contribution in [-0.2, 0) is 10.5 Å². The number of hydrogen-bond donors (Lipinski definition) is 3. The number of carbonyl (C=O) groups excluding carboxylic acids is 2. The SMILES string of the molecule is C[C@H](NC(=O)[C@]1(O)c2ccccc2NC(=O)N1c1ccc(Cl)cc1)c1ccccc1. The van der Waals surface area contributed by atoms with Crippen molar-refractivity contribution in [3.8, 4) is 0 Å². The van der Waals surface area contributed by atoms with E-state index in [1.165, 1.54) is 0 Å². The fraction of sp³-hybridized carbons (Fsp3) is 0.130. The Bertz CT molecular complexity index is 1090. The number of para-hydroxylation sites is 1. The number of amides is 3. The molecule has 1 aliphatic heterocycles. The minimum absolute atomic E-state index is 0.275. The molecule has 0 bridgehead atoms. The lowest BCUT2D eigenvalue weighted by atomic mass is 9.94. The molecule has 0 saturated carbocycles. The number of rotatable bonds is 4. The summed E-state index contributed by atoms with van der Waals surface area (Å²) in [6.07, 6.45) is 0. The average Bonchev–Trinajstić information content (AvgIpc) is 2.75. The summed E-state index contributed by atoms with van der Waals surface area (Å²) in [6, 6.07) is 21.4. The maximum Gasteiger partial charge on any atom is 0.329 e. The molecule has 3 aromatic rings. The van der Waals surface area contributed by atoms with Crippen LogP contribution in [0.3, 0.4) is 0 Å². The Balaban J connectivity index is 1.79. The average molecular weight is 422 g/mol. The summed E-state index contributed by atoms with van der Waals surface area (Å²) >= 11 is 5.98. The van der Waals surface area contributed by atoms with Gasteiger partial charge in [-0.25, -0.2) is 4.79 Å². The fourth-order valence-corrected chi connectivity index (χ4v) is 3.70. The number of carbonyl (C=O) groups is 2. The van der Waals surface area contributed by atoms with Crippen molar-refractivity contribution in [2.24, 2.45) is 0 Å². The highest BCUT2D eigenvalue weighted by molar-refractivity contribution is 6.30. The highest BCUT2D eigenvalue weighted by Gasteiger charge is 2.52. The van der Waals surface area contributed by atoms with Gasteiger partial charge in [0.25, 0.3) is 11.6 Å². The third-order valence-electron chi connectivity index (χ3n) is 5.12. The van der Waals surface area contributed by atoms with Crippen LogP contribution in [0.5, 0.6) is 0 Å². The molecule has 0 aromatic heterocycles. The van der Waals surface area contributed by atoms with Crippen molar-refractivity contribution in [1.82, 2.24) is 5.32 Å². The minimum Gasteiger partial charge on any atom is -0.359 e. The monoisotopic (exact) mass is 421 g/mol. The summed E-state index contributed by atoms with van der Waals surface area (Å²) in [5.41, 5.74) is -0.400. The molecule has 0 saturated heterocycles. The van der Waals surface area contributed by atoms with Gasteiger partial charge in [-0.2, -0.15) is 0 Å². The van der Waals surface area contributed by atoms with Crippen LogP contribution in [0.25, 0.3) is 0 Å². The van der Waals surface area contributed by atoms with Crippen LogP contribution in [0, 0.1) is 0 Å². The number of anilines is 2. The van der Waals surface area contributed by atoms with Gasteiger partial charge in [-0.05, 0) is 42.8 Å². The summed E-state index contributed by atoms with van der Waals surface area (Å²) in [5, 5.41) is 17.8. The van der Waals surface area contributed by atoms with Gasteiger partial charge in [0.05, 0.1) is 11.7 Å². The quantitative estimate of drug-likeness (QED) is 0.583. The fourth-order valence-electron chi connectivity index (χ4n) is 3.58. The molecule has 3 aromatic carbocycles. The third-order valence-corrected chi connectivity index (χ3v) is 5.37. The number of nitrogens with zero attached hydrogens (tertiary/aromatic N) is 1. The third kappa shape index (κ3) is 3.40. The summed E-state index contributed by atoms with van der Waals surface area (Å²) in [6.45, 7) is 1.82. The molecule has 4 rings (SSSR count). The molecule has 1 aliphatic rings. The van der Waals surface area contributed by atoms with Gasteiger partial charge in [0.15, 0.2) is 0 Å². The Morgan fingerprint density at radius 3 is 2.37 bits per heavy atom. The van der Waals surface area contributed by atoms with Crippen LogP contribution in [0.4, 0.5) is 16.2 Å². The van der Waals surface area contributed by atoms with E-state index in [2.05, 4.69) is 10.6 Å². The van der Waals surface area contributed by atoms with Gasteiger partial charge in [-0.1, -0.05) is 60.1 Å². The summed E-state index contributed by atoms with van der Waals surface area (Å²) < 4.78 is 0. The van der Waals surface area contributed by atoms with E-state index in [9.17, 15) is 14.7 Å². The molecular formula is C23H20ClN3O3. The van der Waals surface area contributed by atoms with Crippen molar-refractivity contribution in [2.45, 2.75) is 18.7 Å². The first kappa shape index (κ1) is 19.9. The zero-order valence-corrected chi connectivity index (χ0v) is 16.9. The summed E-state index contributed by atoms with van der Waals surface area (Å²) in [4.78, 5) is 27.5. The molecule has 30 heavy (non-hydrogen) atoms. The Kier molecular flexibility index (Phi) is 5.20. The Hall–Kier alpha value is -3.35.